The number of nitrogens with zero attached hydrogens (tertiary/aromatic N) is 2. The number of halogens is 1. The molecule has 0 aliphatic carbocycles. The van der Waals surface area contributed by atoms with Gasteiger partial charge < -0.3 is 5.32 Å². The van der Waals surface area contributed by atoms with Gasteiger partial charge in [-0.15, -0.1) is 0 Å². The largest absolute Gasteiger partial charge is 0.339 e. The number of hydrogen-bond donors (Lipinski definition) is 3. The van der Waals surface area contributed by atoms with Gasteiger partial charge in [0.1, 0.15) is 5.82 Å². The van der Waals surface area contributed by atoms with Crippen molar-refractivity contribution in [3.8, 4) is 11.4 Å². The summed E-state index contributed by atoms with van der Waals surface area (Å²) in [4.78, 5) is 21.6. The van der Waals surface area contributed by atoms with Crippen LogP contribution in [0.4, 0.5) is 11.5 Å². The molecule has 3 aromatic carbocycles. The van der Waals surface area contributed by atoms with Gasteiger partial charge in [-0.1, -0.05) is 42.5 Å². The van der Waals surface area contributed by atoms with Gasteiger partial charge in [0, 0.05) is 14.5 Å². The summed E-state index contributed by atoms with van der Waals surface area (Å²) in [6.07, 6.45) is 0. The van der Waals surface area contributed by atoms with Crippen LogP contribution in [0.25, 0.3) is 22.3 Å². The molecule has 0 bridgehead atoms. The van der Waals surface area contributed by atoms with Crippen molar-refractivity contribution < 1.29 is 4.79 Å². The number of nitrogens with two attached hydrogens (primary N) is 1. The third-order valence-electron chi connectivity index (χ3n) is 4.25. The van der Waals surface area contributed by atoms with E-state index in [2.05, 4.69) is 33.3 Å². The summed E-state index contributed by atoms with van der Waals surface area (Å²) < 4.78 is 1.07. The molecule has 6 nitrogen and oxygen atoms in total. The molecule has 0 aliphatic rings. The lowest BCUT2D eigenvalue weighted by molar-refractivity contribution is 0.0954. The van der Waals surface area contributed by atoms with Crippen molar-refractivity contribution >= 4 is 50.9 Å². The Hall–Kier alpha value is -3.04. The molecular formula is C21H16IN5O. The van der Waals surface area contributed by atoms with Crippen LogP contribution in [0.1, 0.15) is 10.4 Å². The van der Waals surface area contributed by atoms with E-state index in [0.29, 0.717) is 22.9 Å². The Balaban J connectivity index is 1.88. The van der Waals surface area contributed by atoms with E-state index in [0.717, 1.165) is 20.0 Å². The molecule has 0 radical (unpaired) electrons. The van der Waals surface area contributed by atoms with E-state index >= 15 is 0 Å². The van der Waals surface area contributed by atoms with Crippen molar-refractivity contribution in [1.82, 2.24) is 15.4 Å². The molecule has 0 unspecified atom stereocenters. The minimum atomic E-state index is -0.376. The third kappa shape index (κ3) is 3.67. The number of nitrogen functional groups attached to an aromatic ring is 1. The van der Waals surface area contributed by atoms with E-state index < -0.39 is 0 Å². The number of carbonyl (C=O) groups is 1. The number of amides is 1. The Morgan fingerprint density at radius 3 is 2.46 bits per heavy atom. The molecule has 28 heavy (non-hydrogen) atoms. The second-order valence-electron chi connectivity index (χ2n) is 6.07. The molecule has 0 fully saturated rings. The van der Waals surface area contributed by atoms with Crippen molar-refractivity contribution in [3.63, 3.8) is 0 Å². The first-order valence-corrected chi connectivity index (χ1v) is 9.63. The Morgan fingerprint density at radius 2 is 1.68 bits per heavy atom. The van der Waals surface area contributed by atoms with Gasteiger partial charge in [-0.25, -0.2) is 15.8 Å². The quantitative estimate of drug-likeness (QED) is 0.176. The number of hydrogen-bond acceptors (Lipinski definition) is 5. The fraction of sp³-hybridized carbons (Fsp3) is 0. The van der Waals surface area contributed by atoms with Crippen LogP contribution in [-0.4, -0.2) is 15.9 Å². The smallest absolute Gasteiger partial charge is 0.267 e. The number of benzene rings is 3. The molecule has 0 atom stereocenters. The average Bonchev–Trinajstić information content (AvgIpc) is 2.74. The standard InChI is InChI=1S/C21H16IN5O/c22-14-10-11-18-16(12-14)20(26-19(24-18)13-6-2-1-3-7-13)25-17-9-5-4-8-15(17)21(28)27-23/h1-12H,23H2,(H,27,28)(H,24,25,26). The number of para-hydroxylation sites is 1. The van der Waals surface area contributed by atoms with Crippen LogP contribution in [0.5, 0.6) is 0 Å². The summed E-state index contributed by atoms with van der Waals surface area (Å²) in [6.45, 7) is 0. The van der Waals surface area contributed by atoms with Gasteiger partial charge in [0.25, 0.3) is 5.91 Å². The third-order valence-corrected chi connectivity index (χ3v) is 4.92. The van der Waals surface area contributed by atoms with Gasteiger partial charge >= 0.3 is 0 Å². The SMILES string of the molecule is NNC(=O)c1ccccc1Nc1nc(-c2ccccc2)nc2ccc(I)cc12. The lowest BCUT2D eigenvalue weighted by Crippen LogP contribution is -2.30. The number of hydrazine groups is 1. The topological polar surface area (TPSA) is 92.9 Å². The molecule has 1 aromatic heterocycles. The predicted octanol–water partition coefficient (Wildman–Crippen LogP) is 4.25. The van der Waals surface area contributed by atoms with Gasteiger partial charge in [-0.05, 0) is 52.9 Å². The van der Waals surface area contributed by atoms with Crippen molar-refractivity contribution in [2.75, 3.05) is 5.32 Å². The van der Waals surface area contributed by atoms with Crippen molar-refractivity contribution in [2.45, 2.75) is 0 Å². The molecule has 0 spiro atoms. The highest BCUT2D eigenvalue weighted by molar-refractivity contribution is 14.1. The zero-order chi connectivity index (χ0) is 19.5. The summed E-state index contributed by atoms with van der Waals surface area (Å²) in [5.41, 5.74) is 4.96. The fourth-order valence-corrected chi connectivity index (χ4v) is 3.40. The van der Waals surface area contributed by atoms with Gasteiger partial charge in [-0.3, -0.25) is 10.2 Å². The zero-order valence-corrected chi connectivity index (χ0v) is 16.8. The number of rotatable bonds is 4. The normalized spacial score (nSPS) is 10.6. The van der Waals surface area contributed by atoms with Gasteiger partial charge in [0.15, 0.2) is 5.82 Å². The monoisotopic (exact) mass is 481 g/mol. The summed E-state index contributed by atoms with van der Waals surface area (Å²) >= 11 is 2.26. The molecule has 4 N–H and O–H groups in total. The Labute approximate surface area is 175 Å². The number of fused-ring (bicyclic) bond motifs is 1. The van der Waals surface area contributed by atoms with Crippen LogP contribution in [0.3, 0.4) is 0 Å². The first-order chi connectivity index (χ1) is 13.7. The predicted molar refractivity (Wildman–Crippen MR) is 119 cm³/mol. The highest BCUT2D eigenvalue weighted by atomic mass is 127. The molecule has 4 rings (SSSR count). The number of anilines is 2. The molecule has 7 heteroatoms. The minimum absolute atomic E-state index is 0.376. The van der Waals surface area contributed by atoms with E-state index in [-0.39, 0.29) is 5.91 Å². The van der Waals surface area contributed by atoms with Gasteiger partial charge in [-0.2, -0.15) is 0 Å². The molecule has 4 aromatic rings. The molecule has 0 saturated heterocycles. The van der Waals surface area contributed by atoms with E-state index in [1.54, 1.807) is 12.1 Å². The summed E-state index contributed by atoms with van der Waals surface area (Å²) in [7, 11) is 0. The van der Waals surface area contributed by atoms with E-state index in [1.165, 1.54) is 0 Å². The number of nitrogens with one attached hydrogen (secondary N) is 2. The maximum atomic E-state index is 12.1. The number of aromatic nitrogens is 2. The Bertz CT molecular complexity index is 1160. The van der Waals surface area contributed by atoms with Gasteiger partial charge in [0.05, 0.1) is 16.8 Å². The summed E-state index contributed by atoms with van der Waals surface area (Å²) in [6, 6.07) is 22.9. The van der Waals surface area contributed by atoms with Crippen LogP contribution >= 0.6 is 22.6 Å². The summed E-state index contributed by atoms with van der Waals surface area (Å²) in [5.74, 6) is 6.18. The average molecular weight is 481 g/mol. The molecular weight excluding hydrogens is 465 g/mol. The second-order valence-corrected chi connectivity index (χ2v) is 7.31. The van der Waals surface area contributed by atoms with Crippen LogP contribution in [0.15, 0.2) is 72.8 Å². The first kappa shape index (κ1) is 18.3. The highest BCUT2D eigenvalue weighted by Gasteiger charge is 2.14. The molecule has 1 amide bonds. The second kappa shape index (κ2) is 7.91. The summed E-state index contributed by atoms with van der Waals surface area (Å²) in [5, 5.41) is 4.17. The Morgan fingerprint density at radius 1 is 0.929 bits per heavy atom. The van der Waals surface area contributed by atoms with E-state index in [4.69, 9.17) is 15.8 Å². The van der Waals surface area contributed by atoms with Crippen LogP contribution in [-0.2, 0) is 0 Å². The molecule has 0 aliphatic heterocycles. The van der Waals surface area contributed by atoms with Crippen LogP contribution in [0, 0.1) is 3.57 Å². The van der Waals surface area contributed by atoms with Crippen molar-refractivity contribution in [3.05, 3.63) is 81.9 Å². The highest BCUT2D eigenvalue weighted by Crippen LogP contribution is 2.29. The zero-order valence-electron chi connectivity index (χ0n) is 14.7. The van der Waals surface area contributed by atoms with E-state index in [1.807, 2.05) is 60.7 Å². The molecule has 1 heterocycles. The van der Waals surface area contributed by atoms with Gasteiger partial charge in [0.2, 0.25) is 0 Å². The van der Waals surface area contributed by atoms with Crippen LogP contribution < -0.4 is 16.6 Å². The van der Waals surface area contributed by atoms with Crippen molar-refractivity contribution in [2.24, 2.45) is 5.84 Å². The lowest BCUT2D eigenvalue weighted by atomic mass is 10.1. The lowest BCUT2D eigenvalue weighted by Gasteiger charge is -2.14. The Kier molecular flexibility index (Phi) is 5.18. The first-order valence-electron chi connectivity index (χ1n) is 8.55. The van der Waals surface area contributed by atoms with Crippen molar-refractivity contribution in [1.29, 1.82) is 0 Å². The maximum absolute atomic E-state index is 12.1. The minimum Gasteiger partial charge on any atom is -0.339 e. The van der Waals surface area contributed by atoms with E-state index in [9.17, 15) is 4.79 Å². The number of carbonyl (C=O) groups excluding carboxylic acids is 1. The fourth-order valence-electron chi connectivity index (χ4n) is 2.91. The molecule has 0 saturated carbocycles. The molecule has 138 valence electrons. The van der Waals surface area contributed by atoms with Crippen LogP contribution in [0.2, 0.25) is 0 Å². The maximum Gasteiger partial charge on any atom is 0.267 e.